The number of carbonyl (C=O) groups is 2. The Morgan fingerprint density at radius 1 is 1.11 bits per heavy atom. The van der Waals surface area contributed by atoms with Gasteiger partial charge in [0.15, 0.2) is 0 Å². The molecule has 6 heteroatoms. The predicted octanol–water partition coefficient (Wildman–Crippen LogP) is 3.11. The van der Waals surface area contributed by atoms with Crippen LogP contribution in [0, 0.1) is 0 Å². The van der Waals surface area contributed by atoms with Crippen LogP contribution in [0.2, 0.25) is 0 Å². The lowest BCUT2D eigenvalue weighted by molar-refractivity contribution is -0.127. The standard InChI is InChI=1S/C21H25N3O2S/c1-23(15-11-17-8-4-5-12-22-17)21(26)18-9-2-3-10-19(18)27-16-20(25)24-13-6-7-14-24/h2-5,8-10,12H,6-7,11,13-16H2,1H3. The highest BCUT2D eigenvalue weighted by molar-refractivity contribution is 8.00. The molecule has 1 saturated heterocycles. The van der Waals surface area contributed by atoms with E-state index in [2.05, 4.69) is 4.98 Å². The van der Waals surface area contributed by atoms with Crippen molar-refractivity contribution in [3.8, 4) is 0 Å². The van der Waals surface area contributed by atoms with E-state index in [4.69, 9.17) is 0 Å². The number of hydrogen-bond donors (Lipinski definition) is 0. The van der Waals surface area contributed by atoms with Gasteiger partial charge in [-0.15, -0.1) is 11.8 Å². The highest BCUT2D eigenvalue weighted by Crippen LogP contribution is 2.24. The molecular formula is C21H25N3O2S. The summed E-state index contributed by atoms with van der Waals surface area (Å²) < 4.78 is 0. The first-order valence-corrected chi connectivity index (χ1v) is 10.3. The second-order valence-electron chi connectivity index (χ2n) is 6.67. The molecule has 3 rings (SSSR count). The molecule has 27 heavy (non-hydrogen) atoms. The van der Waals surface area contributed by atoms with Crippen LogP contribution in [0.1, 0.15) is 28.9 Å². The lowest BCUT2D eigenvalue weighted by atomic mass is 10.2. The summed E-state index contributed by atoms with van der Waals surface area (Å²) in [5, 5.41) is 0. The van der Waals surface area contributed by atoms with Gasteiger partial charge in [-0.1, -0.05) is 18.2 Å². The summed E-state index contributed by atoms with van der Waals surface area (Å²) in [4.78, 5) is 34.0. The number of hydrogen-bond acceptors (Lipinski definition) is 4. The molecule has 2 heterocycles. The Balaban J connectivity index is 1.59. The van der Waals surface area contributed by atoms with Gasteiger partial charge in [0.05, 0.1) is 11.3 Å². The largest absolute Gasteiger partial charge is 0.342 e. The molecule has 0 aliphatic carbocycles. The molecule has 142 valence electrons. The number of likely N-dealkylation sites (N-methyl/N-ethyl adjacent to an activating group) is 1. The molecule has 5 nitrogen and oxygen atoms in total. The van der Waals surface area contributed by atoms with Crippen molar-refractivity contribution in [3.63, 3.8) is 0 Å². The summed E-state index contributed by atoms with van der Waals surface area (Å²) in [7, 11) is 1.81. The number of pyridine rings is 1. The maximum absolute atomic E-state index is 12.9. The Morgan fingerprint density at radius 3 is 2.59 bits per heavy atom. The Morgan fingerprint density at radius 2 is 1.85 bits per heavy atom. The van der Waals surface area contributed by atoms with E-state index in [1.54, 1.807) is 11.1 Å². The Kier molecular flexibility index (Phi) is 6.87. The average Bonchev–Trinajstić information content (AvgIpc) is 3.25. The highest BCUT2D eigenvalue weighted by atomic mass is 32.2. The number of benzene rings is 1. The van der Waals surface area contributed by atoms with Crippen LogP contribution in [0.25, 0.3) is 0 Å². The molecule has 0 N–H and O–H groups in total. The molecule has 2 amide bonds. The second-order valence-corrected chi connectivity index (χ2v) is 7.69. The van der Waals surface area contributed by atoms with Crippen LogP contribution < -0.4 is 0 Å². The SMILES string of the molecule is CN(CCc1ccccn1)C(=O)c1ccccc1SCC(=O)N1CCCC1. The Bertz CT molecular complexity index is 776. The van der Waals surface area contributed by atoms with Gasteiger partial charge in [0.2, 0.25) is 5.91 Å². The zero-order chi connectivity index (χ0) is 19.1. The van der Waals surface area contributed by atoms with Crippen molar-refractivity contribution in [2.75, 3.05) is 32.4 Å². The first kappa shape index (κ1) is 19.4. The first-order chi connectivity index (χ1) is 13.1. The number of amides is 2. The minimum absolute atomic E-state index is 0.0253. The first-order valence-electron chi connectivity index (χ1n) is 9.30. The van der Waals surface area contributed by atoms with Gasteiger partial charge in [0, 0.05) is 49.9 Å². The zero-order valence-corrected chi connectivity index (χ0v) is 16.5. The molecule has 1 aliphatic heterocycles. The molecule has 0 radical (unpaired) electrons. The van der Waals surface area contributed by atoms with Crippen LogP contribution in [-0.2, 0) is 11.2 Å². The summed E-state index contributed by atoms with van der Waals surface area (Å²) in [6.07, 6.45) is 4.66. The quantitative estimate of drug-likeness (QED) is 0.690. The van der Waals surface area contributed by atoms with Gasteiger partial charge < -0.3 is 9.80 Å². The van der Waals surface area contributed by atoms with E-state index in [1.165, 1.54) is 11.8 Å². The van der Waals surface area contributed by atoms with Crippen molar-refractivity contribution in [2.45, 2.75) is 24.2 Å². The molecule has 1 aromatic heterocycles. The fourth-order valence-electron chi connectivity index (χ4n) is 3.10. The number of aromatic nitrogens is 1. The fourth-order valence-corrected chi connectivity index (χ4v) is 4.05. The number of nitrogens with zero attached hydrogens (tertiary/aromatic N) is 3. The van der Waals surface area contributed by atoms with E-state index in [0.717, 1.165) is 36.5 Å². The highest BCUT2D eigenvalue weighted by Gasteiger charge is 2.20. The van der Waals surface area contributed by atoms with Crippen molar-refractivity contribution in [1.82, 2.24) is 14.8 Å². The number of thioether (sulfide) groups is 1. The van der Waals surface area contributed by atoms with E-state index in [0.29, 0.717) is 24.3 Å². The van der Waals surface area contributed by atoms with Crippen LogP contribution in [0.5, 0.6) is 0 Å². The van der Waals surface area contributed by atoms with Gasteiger partial charge >= 0.3 is 0 Å². The predicted molar refractivity (Wildman–Crippen MR) is 108 cm³/mol. The summed E-state index contributed by atoms with van der Waals surface area (Å²) in [6, 6.07) is 13.3. The maximum Gasteiger partial charge on any atom is 0.254 e. The monoisotopic (exact) mass is 383 g/mol. The topological polar surface area (TPSA) is 53.5 Å². The molecule has 1 aliphatic rings. The normalized spacial score (nSPS) is 13.6. The van der Waals surface area contributed by atoms with E-state index in [1.807, 2.05) is 54.4 Å². The molecule has 0 bridgehead atoms. The number of likely N-dealkylation sites (tertiary alicyclic amines) is 1. The molecule has 0 spiro atoms. The van der Waals surface area contributed by atoms with Gasteiger partial charge in [0.1, 0.15) is 0 Å². The van der Waals surface area contributed by atoms with Crippen molar-refractivity contribution in [3.05, 3.63) is 59.9 Å². The van der Waals surface area contributed by atoms with Crippen molar-refractivity contribution in [1.29, 1.82) is 0 Å². The van der Waals surface area contributed by atoms with E-state index in [9.17, 15) is 9.59 Å². The van der Waals surface area contributed by atoms with Crippen LogP contribution in [0.4, 0.5) is 0 Å². The third-order valence-electron chi connectivity index (χ3n) is 4.70. The zero-order valence-electron chi connectivity index (χ0n) is 15.6. The van der Waals surface area contributed by atoms with Crippen LogP contribution in [0.3, 0.4) is 0 Å². The van der Waals surface area contributed by atoms with Gasteiger partial charge in [-0.05, 0) is 37.1 Å². The van der Waals surface area contributed by atoms with E-state index < -0.39 is 0 Å². The van der Waals surface area contributed by atoms with Crippen molar-refractivity contribution < 1.29 is 9.59 Å². The summed E-state index contributed by atoms with van der Waals surface area (Å²) >= 11 is 1.45. The molecule has 0 unspecified atom stereocenters. The maximum atomic E-state index is 12.9. The molecule has 1 fully saturated rings. The number of rotatable bonds is 7. The molecule has 1 aromatic carbocycles. The van der Waals surface area contributed by atoms with Gasteiger partial charge in [-0.2, -0.15) is 0 Å². The van der Waals surface area contributed by atoms with E-state index >= 15 is 0 Å². The van der Waals surface area contributed by atoms with Gasteiger partial charge in [-0.25, -0.2) is 0 Å². The van der Waals surface area contributed by atoms with Crippen molar-refractivity contribution >= 4 is 23.6 Å². The number of carbonyl (C=O) groups excluding carboxylic acids is 2. The third kappa shape index (κ3) is 5.32. The van der Waals surface area contributed by atoms with Gasteiger partial charge in [-0.3, -0.25) is 14.6 Å². The second kappa shape index (κ2) is 9.55. The molecular weight excluding hydrogens is 358 g/mol. The smallest absolute Gasteiger partial charge is 0.254 e. The van der Waals surface area contributed by atoms with Crippen LogP contribution >= 0.6 is 11.8 Å². The molecule has 0 saturated carbocycles. The minimum atomic E-state index is -0.0253. The van der Waals surface area contributed by atoms with Crippen LogP contribution in [-0.4, -0.2) is 59.0 Å². The lowest BCUT2D eigenvalue weighted by Gasteiger charge is -2.19. The summed E-state index contributed by atoms with van der Waals surface area (Å²) in [5.74, 6) is 0.507. The Hall–Kier alpha value is -2.34. The summed E-state index contributed by atoms with van der Waals surface area (Å²) in [5.41, 5.74) is 1.62. The van der Waals surface area contributed by atoms with Crippen molar-refractivity contribution in [2.24, 2.45) is 0 Å². The molecule has 2 aromatic rings. The summed E-state index contributed by atoms with van der Waals surface area (Å²) in [6.45, 7) is 2.31. The Labute approximate surface area is 164 Å². The lowest BCUT2D eigenvalue weighted by Crippen LogP contribution is -2.30. The van der Waals surface area contributed by atoms with Gasteiger partial charge in [0.25, 0.3) is 5.91 Å². The fraction of sp³-hybridized carbons (Fsp3) is 0.381. The molecule has 0 atom stereocenters. The van der Waals surface area contributed by atoms with E-state index in [-0.39, 0.29) is 11.8 Å². The third-order valence-corrected chi connectivity index (χ3v) is 5.76. The average molecular weight is 384 g/mol. The minimum Gasteiger partial charge on any atom is -0.342 e. The van der Waals surface area contributed by atoms with Crippen LogP contribution in [0.15, 0.2) is 53.6 Å².